The van der Waals surface area contributed by atoms with Crippen molar-refractivity contribution < 1.29 is 9.47 Å². The third kappa shape index (κ3) is 2.18. The van der Waals surface area contributed by atoms with Crippen LogP contribution in [0.1, 0.15) is 51.9 Å². The number of fused-ring (bicyclic) bond motifs is 3. The second kappa shape index (κ2) is 5.22. The van der Waals surface area contributed by atoms with E-state index in [9.17, 15) is 0 Å². The molecule has 112 valence electrons. The van der Waals surface area contributed by atoms with Crippen molar-refractivity contribution in [2.45, 2.75) is 73.9 Å². The van der Waals surface area contributed by atoms with Gasteiger partial charge in [-0.1, -0.05) is 6.08 Å². The molecule has 0 aromatic carbocycles. The van der Waals surface area contributed by atoms with Gasteiger partial charge in [-0.25, -0.2) is 0 Å². The minimum Gasteiger partial charge on any atom is -0.341 e. The summed E-state index contributed by atoms with van der Waals surface area (Å²) in [4.78, 5) is 0. The molecule has 0 saturated carbocycles. The molecule has 1 aliphatic carbocycles. The second-order valence-electron chi connectivity index (χ2n) is 6.67. The van der Waals surface area contributed by atoms with Gasteiger partial charge in [-0.3, -0.25) is 0 Å². The third-order valence-corrected chi connectivity index (χ3v) is 8.63. The average Bonchev–Trinajstić information content (AvgIpc) is 2.81. The van der Waals surface area contributed by atoms with E-state index < -0.39 is 0 Å². The predicted octanol–water partition coefficient (Wildman–Crippen LogP) is 4.35. The second-order valence-corrected chi connectivity index (χ2v) is 9.77. The van der Waals surface area contributed by atoms with Crippen molar-refractivity contribution in [1.29, 1.82) is 0 Å². The summed E-state index contributed by atoms with van der Waals surface area (Å²) >= 11 is 4.17. The standard InChI is InChI=1S/C16H24O2S2/c1-15-8-9-16(19-10-5-11-20-16)14(18-15)17-13(15)12-6-3-2-4-7-12/h6,13-14H,2-5,7-11H2,1H3/t13-,14?,15?/m1/s1. The molecule has 3 atom stereocenters. The molecule has 3 fully saturated rings. The zero-order valence-electron chi connectivity index (χ0n) is 12.2. The molecule has 2 nitrogen and oxygen atoms in total. The molecule has 3 aliphatic heterocycles. The molecule has 0 N–H and O–H groups in total. The van der Waals surface area contributed by atoms with Crippen LogP contribution in [-0.4, -0.2) is 33.6 Å². The molecule has 4 rings (SSSR count). The molecule has 3 saturated heterocycles. The maximum atomic E-state index is 6.49. The molecule has 2 unspecified atom stereocenters. The molecule has 0 aromatic rings. The summed E-state index contributed by atoms with van der Waals surface area (Å²) in [6.07, 6.45) is 11.5. The summed E-state index contributed by atoms with van der Waals surface area (Å²) in [5.74, 6) is 2.53. The van der Waals surface area contributed by atoms with Gasteiger partial charge in [0, 0.05) is 0 Å². The average molecular weight is 313 g/mol. The molecule has 0 aromatic heterocycles. The molecule has 2 bridgehead atoms. The van der Waals surface area contributed by atoms with Crippen molar-refractivity contribution >= 4 is 23.5 Å². The van der Waals surface area contributed by atoms with Crippen LogP contribution in [0.5, 0.6) is 0 Å². The summed E-state index contributed by atoms with van der Waals surface area (Å²) in [7, 11) is 0. The van der Waals surface area contributed by atoms with Gasteiger partial charge >= 0.3 is 0 Å². The van der Waals surface area contributed by atoms with Crippen molar-refractivity contribution in [3.8, 4) is 0 Å². The third-order valence-electron chi connectivity index (χ3n) is 5.16. The van der Waals surface area contributed by atoms with Crippen LogP contribution in [0.2, 0.25) is 0 Å². The fourth-order valence-electron chi connectivity index (χ4n) is 3.98. The number of thioether (sulfide) groups is 2. The first-order valence-corrected chi connectivity index (χ1v) is 9.99. The molecule has 1 spiro atoms. The topological polar surface area (TPSA) is 18.5 Å². The Morgan fingerprint density at radius 2 is 2.00 bits per heavy atom. The van der Waals surface area contributed by atoms with Gasteiger partial charge in [0.15, 0.2) is 6.29 Å². The molecule has 3 heterocycles. The first-order valence-electron chi connectivity index (χ1n) is 8.02. The Bertz CT molecular complexity index is 417. The van der Waals surface area contributed by atoms with E-state index in [2.05, 4.69) is 36.5 Å². The minimum absolute atomic E-state index is 0.00405. The fraction of sp³-hybridized carbons (Fsp3) is 0.875. The highest BCUT2D eigenvalue weighted by molar-refractivity contribution is 8.18. The lowest BCUT2D eigenvalue weighted by molar-refractivity contribution is -0.116. The zero-order chi connectivity index (χ0) is 13.6. The Labute approximate surface area is 130 Å². The number of hydrogen-bond donors (Lipinski definition) is 0. The molecular formula is C16H24O2S2. The van der Waals surface area contributed by atoms with Crippen LogP contribution in [0.15, 0.2) is 11.6 Å². The van der Waals surface area contributed by atoms with Crippen molar-refractivity contribution in [3.63, 3.8) is 0 Å². The fourth-order valence-corrected chi connectivity index (χ4v) is 7.23. The van der Waals surface area contributed by atoms with Crippen molar-refractivity contribution in [1.82, 2.24) is 0 Å². The minimum atomic E-state index is -0.0718. The zero-order valence-corrected chi connectivity index (χ0v) is 13.9. The monoisotopic (exact) mass is 312 g/mol. The maximum absolute atomic E-state index is 6.49. The van der Waals surface area contributed by atoms with Gasteiger partial charge in [-0.2, -0.15) is 0 Å². The molecule has 4 heteroatoms. The van der Waals surface area contributed by atoms with E-state index in [4.69, 9.17) is 9.47 Å². The lowest BCUT2D eigenvalue weighted by Gasteiger charge is -2.44. The van der Waals surface area contributed by atoms with Crippen molar-refractivity contribution in [3.05, 3.63) is 11.6 Å². The van der Waals surface area contributed by atoms with E-state index in [0.29, 0.717) is 0 Å². The Balaban J connectivity index is 1.58. The highest BCUT2D eigenvalue weighted by Gasteiger charge is 2.60. The van der Waals surface area contributed by atoms with Gasteiger partial charge in [0.05, 0.1) is 5.60 Å². The van der Waals surface area contributed by atoms with Gasteiger partial charge in [0.25, 0.3) is 0 Å². The van der Waals surface area contributed by atoms with Crippen LogP contribution in [0.4, 0.5) is 0 Å². The SMILES string of the molecule is CC12CCC3(SCCCS3)C(O[C@@H]1C1=CCCCC1)O2. The lowest BCUT2D eigenvalue weighted by Crippen LogP contribution is -2.47. The number of rotatable bonds is 1. The van der Waals surface area contributed by atoms with Gasteiger partial charge < -0.3 is 9.47 Å². The van der Waals surface area contributed by atoms with Crippen LogP contribution >= 0.6 is 23.5 Å². The first kappa shape index (κ1) is 14.0. The Hall–Kier alpha value is 0.360. The van der Waals surface area contributed by atoms with Gasteiger partial charge in [0.1, 0.15) is 10.2 Å². The number of allylic oxidation sites excluding steroid dienone is 1. The van der Waals surface area contributed by atoms with E-state index >= 15 is 0 Å². The van der Waals surface area contributed by atoms with Gasteiger partial charge in [0.2, 0.25) is 0 Å². The van der Waals surface area contributed by atoms with Crippen LogP contribution < -0.4 is 0 Å². The quantitative estimate of drug-likeness (QED) is 0.670. The van der Waals surface area contributed by atoms with E-state index in [1.165, 1.54) is 55.6 Å². The Kier molecular flexibility index (Phi) is 3.65. The van der Waals surface area contributed by atoms with Crippen LogP contribution in [0, 0.1) is 0 Å². The maximum Gasteiger partial charge on any atom is 0.182 e. The van der Waals surface area contributed by atoms with Gasteiger partial charge in [-0.05, 0) is 68.9 Å². The summed E-state index contributed by atoms with van der Waals surface area (Å²) in [6, 6.07) is 0. The lowest BCUT2D eigenvalue weighted by atomic mass is 9.83. The van der Waals surface area contributed by atoms with E-state index in [1.54, 1.807) is 0 Å². The predicted molar refractivity (Wildman–Crippen MR) is 86.2 cm³/mol. The van der Waals surface area contributed by atoms with Crippen LogP contribution in [0.3, 0.4) is 0 Å². The smallest absolute Gasteiger partial charge is 0.182 e. The van der Waals surface area contributed by atoms with Crippen LogP contribution in [0.25, 0.3) is 0 Å². The Morgan fingerprint density at radius 3 is 2.75 bits per heavy atom. The van der Waals surface area contributed by atoms with Crippen LogP contribution in [-0.2, 0) is 9.47 Å². The Morgan fingerprint density at radius 1 is 1.15 bits per heavy atom. The highest BCUT2D eigenvalue weighted by Crippen LogP contribution is 2.58. The van der Waals surface area contributed by atoms with Crippen molar-refractivity contribution in [2.75, 3.05) is 11.5 Å². The normalized spacial score (nSPS) is 43.5. The summed E-state index contributed by atoms with van der Waals surface area (Å²) in [6.45, 7) is 2.28. The number of hydrogen-bond acceptors (Lipinski definition) is 4. The molecule has 0 amide bonds. The molecule has 0 radical (unpaired) electrons. The molecule has 20 heavy (non-hydrogen) atoms. The molecule has 4 aliphatic rings. The van der Waals surface area contributed by atoms with E-state index in [0.717, 1.165) is 6.42 Å². The first-order chi connectivity index (χ1) is 9.72. The summed E-state index contributed by atoms with van der Waals surface area (Å²) < 4.78 is 13.1. The van der Waals surface area contributed by atoms with Crippen molar-refractivity contribution in [2.24, 2.45) is 0 Å². The highest BCUT2D eigenvalue weighted by atomic mass is 32.2. The summed E-state index contributed by atoms with van der Waals surface area (Å²) in [5, 5.41) is 0. The van der Waals surface area contributed by atoms with E-state index in [1.807, 2.05) is 0 Å². The van der Waals surface area contributed by atoms with E-state index in [-0.39, 0.29) is 22.1 Å². The van der Waals surface area contributed by atoms with Gasteiger partial charge in [-0.15, -0.1) is 23.5 Å². The molecular weight excluding hydrogens is 288 g/mol. The number of ether oxygens (including phenoxy) is 2. The largest absolute Gasteiger partial charge is 0.341 e. The summed E-state index contributed by atoms with van der Waals surface area (Å²) in [5.41, 5.74) is 1.45.